The molecule has 1 aromatic heterocycles. The summed E-state index contributed by atoms with van der Waals surface area (Å²) in [5, 5.41) is 8.75. The summed E-state index contributed by atoms with van der Waals surface area (Å²) in [6, 6.07) is 6.76. The van der Waals surface area contributed by atoms with Gasteiger partial charge in [-0.05, 0) is 19.1 Å². The molecule has 4 nitrogen and oxygen atoms in total. The van der Waals surface area contributed by atoms with Gasteiger partial charge in [0.25, 0.3) is 6.43 Å². The molecule has 1 aromatic carbocycles. The van der Waals surface area contributed by atoms with Gasteiger partial charge in [0.15, 0.2) is 5.69 Å². The van der Waals surface area contributed by atoms with E-state index in [1.807, 2.05) is 6.92 Å². The Labute approximate surface area is 101 Å². The molecule has 18 heavy (non-hydrogen) atoms. The average Bonchev–Trinajstić information content (AvgIpc) is 2.75. The van der Waals surface area contributed by atoms with Crippen LogP contribution in [0.3, 0.4) is 0 Å². The molecule has 0 amide bonds. The normalized spacial score (nSPS) is 10.9. The average molecular weight is 253 g/mol. The van der Waals surface area contributed by atoms with Crippen LogP contribution in [0.5, 0.6) is 0 Å². The summed E-state index contributed by atoms with van der Waals surface area (Å²) in [7, 11) is 0. The fourth-order valence-corrected chi connectivity index (χ4v) is 1.45. The molecule has 0 aliphatic rings. The molecule has 0 fully saturated rings. The van der Waals surface area contributed by atoms with E-state index in [0.717, 1.165) is 5.56 Å². The van der Waals surface area contributed by atoms with E-state index in [4.69, 9.17) is 9.52 Å². The van der Waals surface area contributed by atoms with Gasteiger partial charge in [-0.1, -0.05) is 17.7 Å². The summed E-state index contributed by atoms with van der Waals surface area (Å²) in [5.74, 6) is -2.50. The lowest BCUT2D eigenvalue weighted by atomic mass is 10.1. The van der Waals surface area contributed by atoms with Gasteiger partial charge in [0.2, 0.25) is 11.7 Å². The van der Waals surface area contributed by atoms with Crippen molar-refractivity contribution in [2.45, 2.75) is 13.3 Å². The topological polar surface area (TPSA) is 63.3 Å². The molecule has 0 atom stereocenters. The molecule has 0 aliphatic carbocycles. The number of aromatic carboxylic acids is 1. The first kappa shape index (κ1) is 12.2. The molecule has 0 aliphatic heterocycles. The maximum Gasteiger partial charge on any atom is 0.374 e. The van der Waals surface area contributed by atoms with Gasteiger partial charge in [-0.15, -0.1) is 0 Å². The highest BCUT2D eigenvalue weighted by Crippen LogP contribution is 2.28. The molecular formula is C12H9F2NO3. The van der Waals surface area contributed by atoms with Crippen LogP contribution in [0.1, 0.15) is 28.2 Å². The molecule has 1 N–H and O–H groups in total. The van der Waals surface area contributed by atoms with Gasteiger partial charge in [-0.25, -0.2) is 18.6 Å². The summed E-state index contributed by atoms with van der Waals surface area (Å²) >= 11 is 0. The summed E-state index contributed by atoms with van der Waals surface area (Å²) < 4.78 is 30.1. The zero-order valence-electron chi connectivity index (χ0n) is 9.35. The maximum absolute atomic E-state index is 12.6. The lowest BCUT2D eigenvalue weighted by molar-refractivity contribution is 0.0647. The third-order valence-electron chi connectivity index (χ3n) is 2.35. The minimum atomic E-state index is -2.99. The summed E-state index contributed by atoms with van der Waals surface area (Å²) in [6.07, 6.45) is -2.99. The van der Waals surface area contributed by atoms with Crippen LogP contribution in [0.25, 0.3) is 11.5 Å². The standard InChI is InChI=1S/C12H9F2NO3/c1-6-2-4-7(5-3-6)11-15-8(10(13)14)9(18-11)12(16)17/h2-5,10H,1H3,(H,16,17). The van der Waals surface area contributed by atoms with E-state index < -0.39 is 23.8 Å². The molecular weight excluding hydrogens is 244 g/mol. The van der Waals surface area contributed by atoms with E-state index in [2.05, 4.69) is 4.98 Å². The number of carboxylic acid groups (broad SMARTS) is 1. The highest BCUT2D eigenvalue weighted by Gasteiger charge is 2.26. The minimum absolute atomic E-state index is 0.122. The first-order valence-corrected chi connectivity index (χ1v) is 5.08. The fraction of sp³-hybridized carbons (Fsp3) is 0.167. The second-order valence-corrected chi connectivity index (χ2v) is 3.71. The van der Waals surface area contributed by atoms with Crippen molar-refractivity contribution < 1.29 is 23.1 Å². The third-order valence-corrected chi connectivity index (χ3v) is 2.35. The number of nitrogens with zero attached hydrogens (tertiary/aromatic N) is 1. The fourth-order valence-electron chi connectivity index (χ4n) is 1.45. The first-order valence-electron chi connectivity index (χ1n) is 5.08. The first-order chi connectivity index (χ1) is 8.49. The molecule has 0 bridgehead atoms. The Morgan fingerprint density at radius 2 is 1.94 bits per heavy atom. The van der Waals surface area contributed by atoms with Crippen molar-refractivity contribution in [1.82, 2.24) is 4.98 Å². The molecule has 0 saturated heterocycles. The Kier molecular flexibility index (Phi) is 3.10. The molecule has 2 rings (SSSR count). The van der Waals surface area contributed by atoms with Crippen molar-refractivity contribution in [3.63, 3.8) is 0 Å². The second kappa shape index (κ2) is 4.56. The van der Waals surface area contributed by atoms with E-state index in [1.165, 1.54) is 0 Å². The van der Waals surface area contributed by atoms with E-state index >= 15 is 0 Å². The van der Waals surface area contributed by atoms with Crippen molar-refractivity contribution >= 4 is 5.97 Å². The van der Waals surface area contributed by atoms with E-state index in [0.29, 0.717) is 5.56 Å². The van der Waals surface area contributed by atoms with Crippen LogP contribution in [0.15, 0.2) is 28.7 Å². The highest BCUT2D eigenvalue weighted by atomic mass is 19.3. The number of aryl methyl sites for hydroxylation is 1. The smallest absolute Gasteiger partial charge is 0.374 e. The molecule has 2 aromatic rings. The molecule has 94 valence electrons. The third kappa shape index (κ3) is 2.22. The molecule has 6 heteroatoms. The number of rotatable bonds is 3. The molecule has 0 saturated carbocycles. The van der Waals surface area contributed by atoms with Crippen LogP contribution < -0.4 is 0 Å². The number of hydrogen-bond acceptors (Lipinski definition) is 3. The maximum atomic E-state index is 12.6. The number of benzene rings is 1. The van der Waals surface area contributed by atoms with Gasteiger partial charge in [0, 0.05) is 5.56 Å². The van der Waals surface area contributed by atoms with Crippen molar-refractivity contribution in [3.8, 4) is 11.5 Å². The van der Waals surface area contributed by atoms with Crippen LogP contribution in [-0.2, 0) is 0 Å². The zero-order valence-corrected chi connectivity index (χ0v) is 9.35. The van der Waals surface area contributed by atoms with Gasteiger partial charge in [-0.2, -0.15) is 0 Å². The molecule has 0 unspecified atom stereocenters. The SMILES string of the molecule is Cc1ccc(-c2nc(C(F)F)c(C(=O)O)o2)cc1. The Bertz CT molecular complexity index is 576. The van der Waals surface area contributed by atoms with E-state index in [9.17, 15) is 13.6 Å². The number of aromatic nitrogens is 1. The van der Waals surface area contributed by atoms with Crippen molar-refractivity contribution in [3.05, 3.63) is 41.3 Å². The Morgan fingerprint density at radius 3 is 2.39 bits per heavy atom. The highest BCUT2D eigenvalue weighted by molar-refractivity contribution is 5.86. The molecule has 1 heterocycles. The van der Waals surface area contributed by atoms with E-state index in [1.54, 1.807) is 24.3 Å². The monoisotopic (exact) mass is 253 g/mol. The van der Waals surface area contributed by atoms with Crippen LogP contribution in [0.4, 0.5) is 8.78 Å². The van der Waals surface area contributed by atoms with E-state index in [-0.39, 0.29) is 5.89 Å². The predicted octanol–water partition coefficient (Wildman–Crippen LogP) is 3.29. The quantitative estimate of drug-likeness (QED) is 0.911. The number of alkyl halides is 2. The predicted molar refractivity (Wildman–Crippen MR) is 58.6 cm³/mol. The molecule has 0 radical (unpaired) electrons. The van der Waals surface area contributed by atoms with Crippen molar-refractivity contribution in [1.29, 1.82) is 0 Å². The number of hydrogen-bond donors (Lipinski definition) is 1. The number of carboxylic acids is 1. The summed E-state index contributed by atoms with van der Waals surface area (Å²) in [5.41, 5.74) is 0.589. The van der Waals surface area contributed by atoms with Crippen molar-refractivity contribution in [2.75, 3.05) is 0 Å². The minimum Gasteiger partial charge on any atom is -0.475 e. The number of oxazole rings is 1. The van der Waals surface area contributed by atoms with Crippen LogP contribution in [0.2, 0.25) is 0 Å². The van der Waals surface area contributed by atoms with Crippen LogP contribution in [-0.4, -0.2) is 16.1 Å². The van der Waals surface area contributed by atoms with Crippen LogP contribution in [0, 0.1) is 6.92 Å². The van der Waals surface area contributed by atoms with Gasteiger partial charge in [0.05, 0.1) is 0 Å². The number of carbonyl (C=O) groups is 1. The van der Waals surface area contributed by atoms with Crippen LogP contribution >= 0.6 is 0 Å². The van der Waals surface area contributed by atoms with Gasteiger partial charge >= 0.3 is 5.97 Å². The number of halogens is 2. The Morgan fingerprint density at radius 1 is 1.33 bits per heavy atom. The zero-order chi connectivity index (χ0) is 13.3. The lowest BCUT2D eigenvalue weighted by Gasteiger charge is -1.95. The largest absolute Gasteiger partial charge is 0.475 e. The lowest BCUT2D eigenvalue weighted by Crippen LogP contribution is -1.99. The molecule has 0 spiro atoms. The van der Waals surface area contributed by atoms with Gasteiger partial charge < -0.3 is 9.52 Å². The summed E-state index contributed by atoms with van der Waals surface area (Å²) in [4.78, 5) is 14.3. The Balaban J connectivity index is 2.49. The Hall–Kier alpha value is -2.24. The van der Waals surface area contributed by atoms with Gasteiger partial charge in [-0.3, -0.25) is 0 Å². The van der Waals surface area contributed by atoms with Gasteiger partial charge in [0.1, 0.15) is 0 Å². The summed E-state index contributed by atoms with van der Waals surface area (Å²) in [6.45, 7) is 1.87. The van der Waals surface area contributed by atoms with Crippen molar-refractivity contribution in [2.24, 2.45) is 0 Å². The second-order valence-electron chi connectivity index (χ2n) is 3.71.